The molecule has 0 heterocycles. The minimum Gasteiger partial charge on any atom is -0.450 e. The first-order valence-corrected chi connectivity index (χ1v) is 4.06. The molecule has 13 heavy (non-hydrogen) atoms. The first-order valence-electron chi connectivity index (χ1n) is 4.06. The van der Waals surface area contributed by atoms with E-state index >= 15 is 0 Å². The van der Waals surface area contributed by atoms with Crippen molar-refractivity contribution >= 4 is 6.16 Å². The number of hydrogen-bond acceptors (Lipinski definition) is 4. The van der Waals surface area contributed by atoms with Crippen LogP contribution in [0.15, 0.2) is 0 Å². The van der Waals surface area contributed by atoms with Gasteiger partial charge in [-0.15, -0.1) is 0 Å². The van der Waals surface area contributed by atoms with Crippen LogP contribution < -0.4 is 0 Å². The van der Waals surface area contributed by atoms with E-state index in [1.165, 1.54) is 0 Å². The Morgan fingerprint density at radius 1 is 1.31 bits per heavy atom. The average Bonchev–Trinajstić information content (AvgIpc) is 2.10. The maximum atomic E-state index is 10.00. The SMILES string of the molecule is COC(C)COC(C)COC(=O)O. The first kappa shape index (κ1) is 12.2. The number of rotatable bonds is 6. The van der Waals surface area contributed by atoms with Gasteiger partial charge in [-0.1, -0.05) is 0 Å². The zero-order chi connectivity index (χ0) is 10.3. The lowest BCUT2D eigenvalue weighted by Gasteiger charge is -2.15. The van der Waals surface area contributed by atoms with Crippen molar-refractivity contribution in [3.63, 3.8) is 0 Å². The Hall–Kier alpha value is -0.810. The van der Waals surface area contributed by atoms with Gasteiger partial charge in [0.2, 0.25) is 0 Å². The third-order valence-electron chi connectivity index (χ3n) is 1.46. The fourth-order valence-corrected chi connectivity index (χ4v) is 0.605. The minimum absolute atomic E-state index is 0.00674. The van der Waals surface area contributed by atoms with Crippen molar-refractivity contribution in [2.45, 2.75) is 26.1 Å². The van der Waals surface area contributed by atoms with Gasteiger partial charge in [-0.2, -0.15) is 0 Å². The molecule has 78 valence electrons. The van der Waals surface area contributed by atoms with E-state index in [-0.39, 0.29) is 18.8 Å². The third-order valence-corrected chi connectivity index (χ3v) is 1.46. The highest BCUT2D eigenvalue weighted by Crippen LogP contribution is 1.96. The molecule has 0 aliphatic carbocycles. The van der Waals surface area contributed by atoms with Gasteiger partial charge in [0.05, 0.1) is 18.8 Å². The monoisotopic (exact) mass is 192 g/mol. The molecular formula is C8H16O5. The van der Waals surface area contributed by atoms with Gasteiger partial charge in [-0.3, -0.25) is 0 Å². The van der Waals surface area contributed by atoms with Crippen LogP contribution in [0.2, 0.25) is 0 Å². The molecule has 0 aliphatic rings. The van der Waals surface area contributed by atoms with Crippen molar-refractivity contribution in [3.8, 4) is 0 Å². The molecule has 5 nitrogen and oxygen atoms in total. The molecule has 0 saturated carbocycles. The van der Waals surface area contributed by atoms with Crippen molar-refractivity contribution in [1.82, 2.24) is 0 Å². The summed E-state index contributed by atoms with van der Waals surface area (Å²) in [5.74, 6) is 0. The zero-order valence-electron chi connectivity index (χ0n) is 8.15. The van der Waals surface area contributed by atoms with E-state index in [1.807, 2.05) is 6.92 Å². The van der Waals surface area contributed by atoms with E-state index in [4.69, 9.17) is 14.6 Å². The average molecular weight is 192 g/mol. The normalized spacial score (nSPS) is 15.0. The summed E-state index contributed by atoms with van der Waals surface area (Å²) in [5, 5.41) is 8.18. The molecule has 0 radical (unpaired) electrons. The molecule has 0 amide bonds. The predicted molar refractivity (Wildman–Crippen MR) is 45.9 cm³/mol. The molecule has 5 heteroatoms. The lowest BCUT2D eigenvalue weighted by molar-refractivity contribution is -0.0393. The molecule has 0 rings (SSSR count). The highest BCUT2D eigenvalue weighted by Gasteiger charge is 2.07. The van der Waals surface area contributed by atoms with Gasteiger partial charge < -0.3 is 19.3 Å². The Balaban J connectivity index is 3.39. The fraction of sp³-hybridized carbons (Fsp3) is 0.875. The van der Waals surface area contributed by atoms with E-state index in [2.05, 4.69) is 4.74 Å². The van der Waals surface area contributed by atoms with Crippen molar-refractivity contribution in [1.29, 1.82) is 0 Å². The third kappa shape index (κ3) is 7.55. The summed E-state index contributed by atoms with van der Waals surface area (Å²) in [4.78, 5) is 10.00. The highest BCUT2D eigenvalue weighted by atomic mass is 16.7. The lowest BCUT2D eigenvalue weighted by Crippen LogP contribution is -2.23. The minimum atomic E-state index is -1.28. The van der Waals surface area contributed by atoms with Crippen LogP contribution in [0.25, 0.3) is 0 Å². The van der Waals surface area contributed by atoms with Crippen LogP contribution >= 0.6 is 0 Å². The quantitative estimate of drug-likeness (QED) is 0.639. The molecule has 2 atom stereocenters. The van der Waals surface area contributed by atoms with Crippen LogP contribution in [0.3, 0.4) is 0 Å². The van der Waals surface area contributed by atoms with Gasteiger partial charge in [0.15, 0.2) is 0 Å². The Morgan fingerprint density at radius 3 is 2.38 bits per heavy atom. The molecule has 0 aromatic heterocycles. The van der Waals surface area contributed by atoms with Crippen LogP contribution in [0.1, 0.15) is 13.8 Å². The number of carboxylic acid groups (broad SMARTS) is 1. The first-order chi connectivity index (χ1) is 6.06. The van der Waals surface area contributed by atoms with Crippen LogP contribution in [-0.2, 0) is 14.2 Å². The van der Waals surface area contributed by atoms with Gasteiger partial charge in [0.25, 0.3) is 0 Å². The van der Waals surface area contributed by atoms with Gasteiger partial charge in [-0.05, 0) is 13.8 Å². The van der Waals surface area contributed by atoms with Crippen molar-refractivity contribution in [2.24, 2.45) is 0 Å². The Labute approximate surface area is 77.6 Å². The van der Waals surface area contributed by atoms with Crippen molar-refractivity contribution in [2.75, 3.05) is 20.3 Å². The predicted octanol–water partition coefficient (Wildman–Crippen LogP) is 1.12. The molecule has 0 aromatic carbocycles. The van der Waals surface area contributed by atoms with Gasteiger partial charge >= 0.3 is 6.16 Å². The van der Waals surface area contributed by atoms with E-state index in [9.17, 15) is 4.79 Å². The van der Waals surface area contributed by atoms with Crippen LogP contribution in [0.4, 0.5) is 4.79 Å². The highest BCUT2D eigenvalue weighted by molar-refractivity contribution is 5.56. The summed E-state index contributed by atoms with van der Waals surface area (Å²) in [5.41, 5.74) is 0. The van der Waals surface area contributed by atoms with E-state index in [0.29, 0.717) is 6.61 Å². The van der Waals surface area contributed by atoms with Gasteiger partial charge in [-0.25, -0.2) is 4.79 Å². The van der Waals surface area contributed by atoms with E-state index in [1.54, 1.807) is 14.0 Å². The van der Waals surface area contributed by atoms with Crippen molar-refractivity contribution < 1.29 is 24.1 Å². The lowest BCUT2D eigenvalue weighted by atomic mass is 10.4. The zero-order valence-corrected chi connectivity index (χ0v) is 8.15. The molecule has 0 saturated heterocycles. The number of carbonyl (C=O) groups is 1. The molecule has 0 bridgehead atoms. The number of ether oxygens (including phenoxy) is 3. The Morgan fingerprint density at radius 2 is 1.92 bits per heavy atom. The molecule has 0 aromatic rings. The summed E-state index contributed by atoms with van der Waals surface area (Å²) < 4.78 is 14.5. The molecule has 0 fully saturated rings. The summed E-state index contributed by atoms with van der Waals surface area (Å²) in [7, 11) is 1.59. The second kappa shape index (κ2) is 6.68. The Bertz CT molecular complexity index is 147. The van der Waals surface area contributed by atoms with E-state index in [0.717, 1.165) is 0 Å². The standard InChI is InChI=1S/C8H16O5/c1-6(11-3)4-12-7(2)5-13-8(9)10/h6-7H,4-5H2,1-3H3,(H,9,10). The number of hydrogen-bond donors (Lipinski definition) is 1. The van der Waals surface area contributed by atoms with Crippen LogP contribution in [0, 0.1) is 0 Å². The molecular weight excluding hydrogens is 176 g/mol. The summed E-state index contributed by atoms with van der Waals surface area (Å²) in [6.07, 6.45) is -1.52. The van der Waals surface area contributed by atoms with E-state index < -0.39 is 6.16 Å². The Kier molecular flexibility index (Phi) is 6.26. The molecule has 0 spiro atoms. The maximum Gasteiger partial charge on any atom is 0.505 e. The van der Waals surface area contributed by atoms with Crippen LogP contribution in [-0.4, -0.2) is 43.8 Å². The second-order valence-electron chi connectivity index (χ2n) is 2.77. The maximum absolute atomic E-state index is 10.00. The van der Waals surface area contributed by atoms with Crippen LogP contribution in [0.5, 0.6) is 0 Å². The van der Waals surface area contributed by atoms with Gasteiger partial charge in [0, 0.05) is 7.11 Å². The second-order valence-corrected chi connectivity index (χ2v) is 2.77. The topological polar surface area (TPSA) is 65.0 Å². The van der Waals surface area contributed by atoms with Gasteiger partial charge in [0.1, 0.15) is 6.61 Å². The fourth-order valence-electron chi connectivity index (χ4n) is 0.605. The number of methoxy groups -OCH3 is 1. The largest absolute Gasteiger partial charge is 0.505 e. The summed E-state index contributed by atoms with van der Waals surface area (Å²) in [6, 6.07) is 0. The molecule has 1 N–H and O–H groups in total. The summed E-state index contributed by atoms with van der Waals surface area (Å²) >= 11 is 0. The summed E-state index contributed by atoms with van der Waals surface area (Å²) in [6.45, 7) is 4.09. The molecule has 2 unspecified atom stereocenters. The smallest absolute Gasteiger partial charge is 0.450 e. The molecule has 0 aliphatic heterocycles. The van der Waals surface area contributed by atoms with Crippen molar-refractivity contribution in [3.05, 3.63) is 0 Å².